The molecule has 3 nitrogen and oxygen atoms in total. The topological polar surface area (TPSA) is 48.6 Å². The summed E-state index contributed by atoms with van der Waals surface area (Å²) in [5.74, 6) is -0.984. The Balaban J connectivity index is 2.47. The van der Waals surface area contributed by atoms with E-state index < -0.39 is 27.7 Å². The minimum Gasteiger partial charge on any atom is -0.591 e. The van der Waals surface area contributed by atoms with E-state index in [0.717, 1.165) is 12.1 Å². The van der Waals surface area contributed by atoms with Crippen LogP contribution in [-0.2, 0) is 11.4 Å². The lowest BCUT2D eigenvalue weighted by Gasteiger charge is -2.17. The lowest BCUT2D eigenvalue weighted by molar-refractivity contribution is 0.549. The molecule has 1 aromatic carbocycles. The van der Waals surface area contributed by atoms with Crippen molar-refractivity contribution in [2.75, 3.05) is 0 Å². The van der Waals surface area contributed by atoms with E-state index in [0.29, 0.717) is 5.56 Å². The van der Waals surface area contributed by atoms with Gasteiger partial charge in [0.25, 0.3) is 0 Å². The van der Waals surface area contributed by atoms with Crippen LogP contribution in [-0.4, -0.2) is 15.5 Å². The van der Waals surface area contributed by atoms with Crippen LogP contribution in [0.1, 0.15) is 32.1 Å². The highest BCUT2D eigenvalue weighted by Gasteiger charge is 2.26. The van der Waals surface area contributed by atoms with Crippen molar-refractivity contribution in [2.24, 2.45) is 4.40 Å². The van der Waals surface area contributed by atoms with E-state index in [9.17, 15) is 13.3 Å². The highest BCUT2D eigenvalue weighted by molar-refractivity contribution is 7.91. The molecule has 108 valence electrons. The Morgan fingerprint density at radius 3 is 2.40 bits per heavy atom. The van der Waals surface area contributed by atoms with Gasteiger partial charge in [-0.3, -0.25) is 0 Å². The third-order valence-electron chi connectivity index (χ3n) is 2.80. The van der Waals surface area contributed by atoms with Crippen LogP contribution in [0, 0.1) is 18.6 Å². The van der Waals surface area contributed by atoms with Crippen molar-refractivity contribution in [1.29, 1.82) is 0 Å². The predicted octanol–water partition coefficient (Wildman–Crippen LogP) is 3.90. The second kappa shape index (κ2) is 5.18. The molecule has 20 heavy (non-hydrogen) atoms. The van der Waals surface area contributed by atoms with Gasteiger partial charge in [0, 0.05) is 5.56 Å². The van der Waals surface area contributed by atoms with Gasteiger partial charge in [-0.25, -0.2) is 8.78 Å². The molecule has 2 rings (SSSR count). The molecular weight excluding hydrogens is 284 g/mol. The summed E-state index contributed by atoms with van der Waals surface area (Å²) in [5.41, 5.74) is 0.289. The van der Waals surface area contributed by atoms with Gasteiger partial charge in [-0.05, 0) is 39.8 Å². The summed E-state index contributed by atoms with van der Waals surface area (Å²) in [6.45, 7) is 6.96. The fourth-order valence-corrected chi connectivity index (χ4v) is 2.18. The first-order chi connectivity index (χ1) is 9.21. The second-order valence-corrected chi connectivity index (χ2v) is 7.35. The number of fused-ring (bicyclic) bond motifs is 1. The van der Waals surface area contributed by atoms with Crippen LogP contribution >= 0.6 is 0 Å². The zero-order valence-electron chi connectivity index (χ0n) is 11.7. The molecule has 0 amide bonds. The van der Waals surface area contributed by atoms with Crippen LogP contribution in [0.2, 0.25) is 0 Å². The molecule has 0 radical (unpaired) electrons. The van der Waals surface area contributed by atoms with Crippen LogP contribution in [0.25, 0.3) is 11.0 Å². The van der Waals surface area contributed by atoms with E-state index >= 15 is 0 Å². The second-order valence-electron chi connectivity index (χ2n) is 5.42. The molecule has 6 heteroatoms. The molecule has 0 aliphatic carbocycles. The van der Waals surface area contributed by atoms with Crippen molar-refractivity contribution < 1.29 is 17.8 Å². The SMILES string of the molecule is Cc1c(/C=N\[S@@+]([O-])C(C)(C)C)oc2c(F)ccc(F)c12. The van der Waals surface area contributed by atoms with E-state index in [-0.39, 0.29) is 16.7 Å². The average Bonchev–Trinajstić information content (AvgIpc) is 2.68. The van der Waals surface area contributed by atoms with Crippen LogP contribution in [0.5, 0.6) is 0 Å². The summed E-state index contributed by atoms with van der Waals surface area (Å²) in [6, 6.07) is 2.06. The van der Waals surface area contributed by atoms with Crippen molar-refractivity contribution >= 4 is 28.5 Å². The fraction of sp³-hybridized carbons (Fsp3) is 0.357. The Hall–Kier alpha value is -1.40. The Morgan fingerprint density at radius 2 is 1.85 bits per heavy atom. The molecule has 0 saturated heterocycles. The largest absolute Gasteiger partial charge is 0.591 e. The number of halogens is 2. The first-order valence-corrected chi connectivity index (χ1v) is 7.15. The zero-order chi connectivity index (χ0) is 15.1. The van der Waals surface area contributed by atoms with Gasteiger partial charge in [0.2, 0.25) is 0 Å². The number of furan rings is 1. The van der Waals surface area contributed by atoms with Crippen molar-refractivity contribution in [1.82, 2.24) is 0 Å². The van der Waals surface area contributed by atoms with E-state index in [4.69, 9.17) is 4.42 Å². The molecule has 0 unspecified atom stereocenters. The first-order valence-electron chi connectivity index (χ1n) is 6.05. The van der Waals surface area contributed by atoms with Gasteiger partial charge in [0.05, 0.1) is 5.39 Å². The normalized spacial score (nSPS) is 14.3. The number of rotatable bonds is 2. The molecule has 1 atom stereocenters. The Morgan fingerprint density at radius 1 is 1.25 bits per heavy atom. The molecule has 0 saturated carbocycles. The molecule has 0 aliphatic rings. The fourth-order valence-electron chi connectivity index (χ4n) is 1.67. The minimum absolute atomic E-state index is 0.0907. The van der Waals surface area contributed by atoms with Crippen LogP contribution < -0.4 is 0 Å². The van der Waals surface area contributed by atoms with Gasteiger partial charge < -0.3 is 8.97 Å². The van der Waals surface area contributed by atoms with Gasteiger partial charge in [0.1, 0.15) is 28.1 Å². The highest BCUT2D eigenvalue weighted by atomic mass is 32.2. The molecule has 0 fully saturated rings. The minimum atomic E-state index is -1.46. The maximum absolute atomic E-state index is 13.7. The maximum atomic E-state index is 13.7. The lowest BCUT2D eigenvalue weighted by atomic mass is 10.1. The Labute approximate surface area is 119 Å². The van der Waals surface area contributed by atoms with Crippen molar-refractivity contribution in [3.63, 3.8) is 0 Å². The number of benzene rings is 1. The number of hydrogen-bond donors (Lipinski definition) is 0. The molecule has 0 N–H and O–H groups in total. The van der Waals surface area contributed by atoms with Gasteiger partial charge in [-0.2, -0.15) is 0 Å². The standard InChI is InChI=1S/C14H15F2NO2S/c1-8-11(7-17-20(18)14(2,3)4)19-13-10(16)6-5-9(15)12(8)13/h5-7H,1-4H3/b17-7-/t20-/m0/s1. The first kappa shape index (κ1) is 15.0. The van der Waals surface area contributed by atoms with Crippen molar-refractivity contribution in [3.8, 4) is 0 Å². The van der Waals surface area contributed by atoms with Crippen LogP contribution in [0.4, 0.5) is 8.78 Å². The van der Waals surface area contributed by atoms with E-state index in [2.05, 4.69) is 4.40 Å². The van der Waals surface area contributed by atoms with Crippen molar-refractivity contribution in [2.45, 2.75) is 32.4 Å². The molecular formula is C14H15F2NO2S. The molecule has 0 aliphatic heterocycles. The summed E-state index contributed by atoms with van der Waals surface area (Å²) >= 11 is -1.46. The summed E-state index contributed by atoms with van der Waals surface area (Å²) in [4.78, 5) is 0. The lowest BCUT2D eigenvalue weighted by Crippen LogP contribution is -2.25. The molecule has 1 heterocycles. The summed E-state index contributed by atoms with van der Waals surface area (Å²) in [7, 11) is 0. The van der Waals surface area contributed by atoms with Gasteiger partial charge >= 0.3 is 0 Å². The monoisotopic (exact) mass is 299 g/mol. The van der Waals surface area contributed by atoms with Crippen molar-refractivity contribution in [3.05, 3.63) is 35.1 Å². The predicted molar refractivity (Wildman–Crippen MR) is 76.4 cm³/mol. The summed E-state index contributed by atoms with van der Waals surface area (Å²) < 4.78 is 47.8. The summed E-state index contributed by atoms with van der Waals surface area (Å²) in [5, 5.41) is 0.0907. The smallest absolute Gasteiger partial charge is 0.173 e. The number of aryl methyl sites for hydroxylation is 1. The van der Waals surface area contributed by atoms with Gasteiger partial charge in [0.15, 0.2) is 17.2 Å². The molecule has 1 aromatic heterocycles. The number of nitrogens with zero attached hydrogens (tertiary/aromatic N) is 1. The van der Waals surface area contributed by atoms with E-state index in [1.54, 1.807) is 27.7 Å². The molecule has 2 aromatic rings. The molecule has 0 spiro atoms. The Kier molecular flexibility index (Phi) is 3.88. The quantitative estimate of drug-likeness (QED) is 0.623. The molecule has 0 bridgehead atoms. The van der Waals surface area contributed by atoms with Crippen LogP contribution in [0.15, 0.2) is 20.9 Å². The van der Waals surface area contributed by atoms with E-state index in [1.165, 1.54) is 6.21 Å². The third-order valence-corrected chi connectivity index (χ3v) is 4.15. The Bertz CT molecular complexity index is 674. The average molecular weight is 299 g/mol. The van der Waals surface area contributed by atoms with Gasteiger partial charge in [-0.1, -0.05) is 4.40 Å². The zero-order valence-corrected chi connectivity index (χ0v) is 12.5. The third kappa shape index (κ3) is 2.71. The van der Waals surface area contributed by atoms with E-state index in [1.807, 2.05) is 0 Å². The van der Waals surface area contributed by atoms with Gasteiger partial charge in [-0.15, -0.1) is 0 Å². The maximum Gasteiger partial charge on any atom is 0.173 e. The number of hydrogen-bond acceptors (Lipinski definition) is 3. The van der Waals surface area contributed by atoms with Crippen LogP contribution in [0.3, 0.4) is 0 Å². The highest BCUT2D eigenvalue weighted by Crippen LogP contribution is 2.29. The summed E-state index contributed by atoms with van der Waals surface area (Å²) in [6.07, 6.45) is 1.26.